The Morgan fingerprint density at radius 3 is 1.70 bits per heavy atom. The van der Waals surface area contributed by atoms with Crippen LogP contribution in [0.2, 0.25) is 0 Å². The maximum absolute atomic E-state index is 14.4. The van der Waals surface area contributed by atoms with Crippen LogP contribution in [0.15, 0.2) is 82.8 Å². The van der Waals surface area contributed by atoms with Crippen molar-refractivity contribution in [3.05, 3.63) is 95.6 Å². The number of anilines is 1. The summed E-state index contributed by atoms with van der Waals surface area (Å²) in [4.78, 5) is 76.9. The predicted octanol–water partition coefficient (Wildman–Crippen LogP) is 1.12. The first-order valence-corrected chi connectivity index (χ1v) is 18.2. The number of hydrogen-bond donors (Lipinski definition) is 8. The predicted molar refractivity (Wildman–Crippen MR) is 213 cm³/mol. The second-order valence-electron chi connectivity index (χ2n) is 13.8. The molecule has 0 heterocycles. The van der Waals surface area contributed by atoms with Gasteiger partial charge in [0.15, 0.2) is 11.9 Å². The van der Waals surface area contributed by atoms with Gasteiger partial charge in [-0.2, -0.15) is 0 Å². The largest absolute Gasteiger partial charge is 0.370 e. The van der Waals surface area contributed by atoms with Crippen molar-refractivity contribution in [2.45, 2.75) is 77.0 Å². The third kappa shape index (κ3) is 14.9. The Labute approximate surface area is 329 Å². The molecule has 306 valence electrons. The molecule has 0 aliphatic carbocycles. The van der Waals surface area contributed by atoms with E-state index < -0.39 is 65.3 Å². The number of primary amides is 1. The van der Waals surface area contributed by atoms with E-state index in [1.165, 1.54) is 43.3 Å². The van der Waals surface area contributed by atoms with Gasteiger partial charge >= 0.3 is 0 Å². The van der Waals surface area contributed by atoms with Gasteiger partial charge in [0.2, 0.25) is 29.5 Å². The van der Waals surface area contributed by atoms with Crippen LogP contribution >= 0.6 is 0 Å². The minimum absolute atomic E-state index is 0.107. The van der Waals surface area contributed by atoms with Crippen molar-refractivity contribution < 1.29 is 32.8 Å². The second kappa shape index (κ2) is 21.5. The molecule has 0 bridgehead atoms. The molecular formula is C39H51F2N11O5. The van der Waals surface area contributed by atoms with E-state index in [0.29, 0.717) is 23.2 Å². The lowest BCUT2D eigenvalue weighted by Gasteiger charge is -2.32. The van der Waals surface area contributed by atoms with Gasteiger partial charge < -0.3 is 44.6 Å². The van der Waals surface area contributed by atoms with Crippen LogP contribution in [0.3, 0.4) is 0 Å². The number of benzene rings is 3. The molecule has 13 N–H and O–H groups in total. The molecule has 0 aliphatic rings. The van der Waals surface area contributed by atoms with Gasteiger partial charge in [0.25, 0.3) is 0 Å². The van der Waals surface area contributed by atoms with E-state index in [-0.39, 0.29) is 55.8 Å². The van der Waals surface area contributed by atoms with Crippen molar-refractivity contribution in [3.63, 3.8) is 0 Å². The molecule has 3 aromatic carbocycles. The van der Waals surface area contributed by atoms with Crippen LogP contribution in [0.4, 0.5) is 20.2 Å². The van der Waals surface area contributed by atoms with Crippen LogP contribution in [0, 0.1) is 17.6 Å². The van der Waals surface area contributed by atoms with Gasteiger partial charge in [-0.05, 0) is 84.8 Å². The van der Waals surface area contributed by atoms with Gasteiger partial charge in [0.1, 0.15) is 35.8 Å². The minimum Gasteiger partial charge on any atom is -0.370 e. The Balaban J connectivity index is 2.01. The van der Waals surface area contributed by atoms with Crippen molar-refractivity contribution in [3.8, 4) is 0 Å². The van der Waals surface area contributed by atoms with Gasteiger partial charge in [0, 0.05) is 32.0 Å². The van der Waals surface area contributed by atoms with Crippen molar-refractivity contribution >= 4 is 52.8 Å². The molecule has 0 aromatic heterocycles. The molecule has 0 saturated heterocycles. The summed E-state index contributed by atoms with van der Waals surface area (Å²) in [7, 11) is 0. The standard InChI is InChI=1S/C39H51F2N11O5/c1-22(2)19-31(35(55)49-30(34(42)54)5-4-18-47-38(43)44)50-36(56)32(20-24-8-14-28(15-9-24)48-39(45)46)51-37(57)33(21-25-6-10-26(40)11-7-25)52(23(3)53)29-16-12-27(41)13-17-29/h6-17,22,30-33H,4-5,18-21H2,1-3H3,(H2,42,54)(H,49,55)(H,50,56)(H,51,57)(H4,43,44,47)(H4,45,46,48)/t30-,31-,32-,33-/m0/s1. The summed E-state index contributed by atoms with van der Waals surface area (Å²) in [5, 5.41) is 8.10. The van der Waals surface area contributed by atoms with Gasteiger partial charge in [-0.25, -0.2) is 13.8 Å². The zero-order valence-corrected chi connectivity index (χ0v) is 32.1. The Morgan fingerprint density at radius 1 is 0.667 bits per heavy atom. The number of carbonyl (C=O) groups excluding carboxylic acids is 5. The topological polar surface area (TPSA) is 280 Å². The molecule has 0 saturated carbocycles. The first-order valence-electron chi connectivity index (χ1n) is 18.2. The third-order valence-electron chi connectivity index (χ3n) is 8.61. The molecule has 16 nitrogen and oxygen atoms in total. The van der Waals surface area contributed by atoms with Crippen LogP contribution in [-0.4, -0.2) is 72.2 Å². The lowest BCUT2D eigenvalue weighted by molar-refractivity contribution is -0.134. The van der Waals surface area contributed by atoms with Gasteiger partial charge in [0.05, 0.1) is 5.69 Å². The smallest absolute Gasteiger partial charge is 0.244 e. The lowest BCUT2D eigenvalue weighted by Crippen LogP contribution is -2.59. The molecule has 0 aliphatic heterocycles. The van der Waals surface area contributed by atoms with E-state index in [2.05, 4.69) is 25.9 Å². The third-order valence-corrected chi connectivity index (χ3v) is 8.61. The number of carbonyl (C=O) groups is 5. The number of aliphatic imine (C=N–C) groups is 2. The van der Waals surface area contributed by atoms with E-state index in [1.807, 2.05) is 13.8 Å². The second-order valence-corrected chi connectivity index (χ2v) is 13.8. The summed E-state index contributed by atoms with van der Waals surface area (Å²) < 4.78 is 27.8. The molecule has 4 atom stereocenters. The molecule has 0 radical (unpaired) electrons. The number of hydrogen-bond acceptors (Lipinski definition) is 7. The molecule has 3 rings (SSSR count). The van der Waals surface area contributed by atoms with E-state index in [1.54, 1.807) is 24.3 Å². The summed E-state index contributed by atoms with van der Waals surface area (Å²) in [6.45, 7) is 5.08. The zero-order chi connectivity index (χ0) is 42.2. The maximum atomic E-state index is 14.4. The van der Waals surface area contributed by atoms with Crippen molar-refractivity contribution in [1.82, 2.24) is 16.0 Å². The Kier molecular flexibility index (Phi) is 16.9. The monoisotopic (exact) mass is 791 g/mol. The fourth-order valence-electron chi connectivity index (χ4n) is 5.93. The summed E-state index contributed by atoms with van der Waals surface area (Å²) in [5.74, 6) is -5.13. The van der Waals surface area contributed by atoms with Crippen LogP contribution in [0.5, 0.6) is 0 Å². The first kappa shape index (κ1) is 44.8. The van der Waals surface area contributed by atoms with Crippen molar-refractivity contribution in [1.29, 1.82) is 0 Å². The van der Waals surface area contributed by atoms with E-state index in [0.717, 1.165) is 17.0 Å². The molecule has 0 spiro atoms. The Hall–Kier alpha value is -6.59. The van der Waals surface area contributed by atoms with E-state index in [9.17, 15) is 32.8 Å². The number of amides is 5. The zero-order valence-electron chi connectivity index (χ0n) is 32.1. The van der Waals surface area contributed by atoms with Crippen LogP contribution < -0.4 is 49.5 Å². The van der Waals surface area contributed by atoms with Crippen molar-refractivity contribution in [2.75, 3.05) is 11.4 Å². The average Bonchev–Trinajstić information content (AvgIpc) is 3.13. The molecule has 0 fully saturated rings. The first-order chi connectivity index (χ1) is 26.9. The number of rotatable bonds is 20. The van der Waals surface area contributed by atoms with Crippen LogP contribution in [-0.2, 0) is 36.8 Å². The highest BCUT2D eigenvalue weighted by Gasteiger charge is 2.34. The fourth-order valence-corrected chi connectivity index (χ4v) is 5.93. The highest BCUT2D eigenvalue weighted by Crippen LogP contribution is 2.22. The van der Waals surface area contributed by atoms with Crippen LogP contribution in [0.1, 0.15) is 51.2 Å². The highest BCUT2D eigenvalue weighted by molar-refractivity contribution is 6.01. The Morgan fingerprint density at radius 2 is 1.18 bits per heavy atom. The minimum atomic E-state index is -1.35. The summed E-state index contributed by atoms with van der Waals surface area (Å²) in [6.07, 6.45) is 0.341. The number of guanidine groups is 2. The quantitative estimate of drug-likeness (QED) is 0.0462. The summed E-state index contributed by atoms with van der Waals surface area (Å²) in [5.41, 5.74) is 29.0. The Bertz CT molecular complexity index is 1900. The van der Waals surface area contributed by atoms with Gasteiger partial charge in [-0.3, -0.25) is 33.9 Å². The molecule has 18 heteroatoms. The maximum Gasteiger partial charge on any atom is 0.244 e. The highest BCUT2D eigenvalue weighted by atomic mass is 19.1. The fraction of sp³-hybridized carbons (Fsp3) is 0.359. The lowest BCUT2D eigenvalue weighted by atomic mass is 9.99. The average molecular weight is 792 g/mol. The number of halogens is 2. The van der Waals surface area contributed by atoms with E-state index in [4.69, 9.17) is 28.7 Å². The number of nitrogens with one attached hydrogen (secondary N) is 3. The SMILES string of the molecule is CC(=O)N(c1ccc(F)cc1)[C@@H](Cc1ccc(F)cc1)C(=O)N[C@@H](Cc1ccc(N=C(N)N)cc1)C(=O)N[C@@H](CC(C)C)C(=O)N[C@@H](CCCN=C(N)N)C(N)=O. The van der Waals surface area contributed by atoms with Gasteiger partial charge in [-0.1, -0.05) is 38.1 Å². The summed E-state index contributed by atoms with van der Waals surface area (Å²) in [6, 6.07) is 11.8. The van der Waals surface area contributed by atoms with Crippen LogP contribution in [0.25, 0.3) is 0 Å². The normalized spacial score (nSPS) is 12.9. The van der Waals surface area contributed by atoms with Gasteiger partial charge in [-0.15, -0.1) is 0 Å². The van der Waals surface area contributed by atoms with Crippen molar-refractivity contribution in [2.24, 2.45) is 44.6 Å². The molecule has 3 aromatic rings. The summed E-state index contributed by atoms with van der Waals surface area (Å²) >= 11 is 0. The molecule has 57 heavy (non-hydrogen) atoms. The molecule has 0 unspecified atom stereocenters. The van der Waals surface area contributed by atoms with E-state index >= 15 is 0 Å². The number of nitrogens with zero attached hydrogens (tertiary/aromatic N) is 3. The molecular weight excluding hydrogens is 740 g/mol. The number of nitrogens with two attached hydrogens (primary N) is 5. The molecule has 5 amide bonds.